The van der Waals surface area contributed by atoms with Gasteiger partial charge in [-0.3, -0.25) is 0 Å². The van der Waals surface area contributed by atoms with Crippen LogP contribution >= 0.6 is 0 Å². The van der Waals surface area contributed by atoms with E-state index in [-0.39, 0.29) is 11.5 Å². The van der Waals surface area contributed by atoms with Gasteiger partial charge in [-0.25, -0.2) is 24.1 Å². The zero-order valence-electron chi connectivity index (χ0n) is 7.26. The molecule has 1 fully saturated rings. The molecule has 0 bridgehead atoms. The zero-order chi connectivity index (χ0) is 10.1. The number of sulfone groups is 1. The van der Waals surface area contributed by atoms with Crippen LogP contribution in [0.25, 0.3) is 0 Å². The van der Waals surface area contributed by atoms with Crippen molar-refractivity contribution in [3.8, 4) is 0 Å². The Morgan fingerprint density at radius 2 is 2.23 bits per heavy atom. The Morgan fingerprint density at radius 1 is 1.62 bits per heavy atom. The fourth-order valence-electron chi connectivity index (χ4n) is 1.25. The molecule has 1 aliphatic heterocycles. The summed E-state index contributed by atoms with van der Waals surface area (Å²) in [4.78, 5) is 10.9. The second-order valence-corrected chi connectivity index (χ2v) is 5.16. The van der Waals surface area contributed by atoms with E-state index in [1.165, 1.54) is 7.11 Å². The highest BCUT2D eigenvalue weighted by Crippen LogP contribution is 2.15. The van der Waals surface area contributed by atoms with Gasteiger partial charge in [-0.15, -0.1) is 0 Å². The van der Waals surface area contributed by atoms with Crippen LogP contribution in [0, 0.1) is 0 Å². The lowest BCUT2D eigenvalue weighted by Crippen LogP contribution is -2.46. The van der Waals surface area contributed by atoms with Crippen LogP contribution in [0.2, 0.25) is 0 Å². The van der Waals surface area contributed by atoms with Crippen LogP contribution in [0.5, 0.6) is 0 Å². The van der Waals surface area contributed by atoms with Crippen molar-refractivity contribution in [1.82, 2.24) is 5.01 Å². The van der Waals surface area contributed by atoms with Crippen molar-refractivity contribution in [2.75, 3.05) is 18.6 Å². The summed E-state index contributed by atoms with van der Waals surface area (Å²) < 4.78 is 26.4. The summed E-state index contributed by atoms with van der Waals surface area (Å²) in [5.74, 6) is 5.36. The molecule has 0 aliphatic carbocycles. The number of nitrogens with zero attached hydrogens (tertiary/aromatic N) is 1. The number of hydrogen-bond acceptors (Lipinski definition) is 5. The molecule has 0 radical (unpaired) electrons. The lowest BCUT2D eigenvalue weighted by molar-refractivity contribution is 0.109. The number of carbonyl (C=O) groups is 1. The van der Waals surface area contributed by atoms with Crippen LogP contribution in [-0.4, -0.2) is 44.2 Å². The maximum Gasteiger partial charge on any atom is 0.424 e. The van der Waals surface area contributed by atoms with E-state index in [0.717, 1.165) is 5.01 Å². The average Bonchev–Trinajstić information content (AvgIpc) is 2.43. The summed E-state index contributed by atoms with van der Waals surface area (Å²) in [6.45, 7) is 0. The molecule has 0 aromatic heterocycles. The molecule has 6 nitrogen and oxygen atoms in total. The topological polar surface area (TPSA) is 89.7 Å². The predicted molar refractivity (Wildman–Crippen MR) is 45.5 cm³/mol. The SMILES string of the molecule is COC(=O)N(N)C1CCS(=O)(=O)C1. The van der Waals surface area contributed by atoms with Gasteiger partial charge in [0, 0.05) is 0 Å². The molecule has 2 N–H and O–H groups in total. The van der Waals surface area contributed by atoms with Crippen molar-refractivity contribution < 1.29 is 17.9 Å². The van der Waals surface area contributed by atoms with E-state index >= 15 is 0 Å². The molecule has 0 saturated carbocycles. The number of hydrazine groups is 1. The van der Waals surface area contributed by atoms with Crippen LogP contribution in [0.15, 0.2) is 0 Å². The monoisotopic (exact) mass is 208 g/mol. The number of rotatable bonds is 1. The van der Waals surface area contributed by atoms with E-state index in [2.05, 4.69) is 4.74 Å². The molecule has 1 amide bonds. The maximum absolute atomic E-state index is 11.0. The van der Waals surface area contributed by atoms with Gasteiger partial charge in [0.2, 0.25) is 0 Å². The Hall–Kier alpha value is -0.820. The van der Waals surface area contributed by atoms with Crippen molar-refractivity contribution in [3.63, 3.8) is 0 Å². The second-order valence-electron chi connectivity index (χ2n) is 2.93. The minimum Gasteiger partial charge on any atom is -0.452 e. The van der Waals surface area contributed by atoms with E-state index in [4.69, 9.17) is 5.84 Å². The van der Waals surface area contributed by atoms with Gasteiger partial charge in [0.25, 0.3) is 0 Å². The van der Waals surface area contributed by atoms with Crippen LogP contribution in [0.1, 0.15) is 6.42 Å². The minimum atomic E-state index is -3.01. The largest absolute Gasteiger partial charge is 0.452 e. The number of nitrogens with two attached hydrogens (primary N) is 1. The van der Waals surface area contributed by atoms with Crippen LogP contribution < -0.4 is 5.84 Å². The highest BCUT2D eigenvalue weighted by Gasteiger charge is 2.33. The molecule has 0 spiro atoms. The Labute approximate surface area is 76.5 Å². The van der Waals surface area contributed by atoms with Gasteiger partial charge in [0.1, 0.15) is 0 Å². The highest BCUT2D eigenvalue weighted by molar-refractivity contribution is 7.91. The van der Waals surface area contributed by atoms with E-state index in [1.54, 1.807) is 0 Å². The molecule has 1 saturated heterocycles. The number of carbonyl (C=O) groups excluding carboxylic acids is 1. The molecule has 76 valence electrons. The first-order valence-electron chi connectivity index (χ1n) is 3.78. The Balaban J connectivity index is 2.61. The maximum atomic E-state index is 11.0. The third kappa shape index (κ3) is 2.31. The fraction of sp³-hybridized carbons (Fsp3) is 0.833. The van der Waals surface area contributed by atoms with Crippen molar-refractivity contribution in [2.24, 2.45) is 5.84 Å². The van der Waals surface area contributed by atoms with Gasteiger partial charge < -0.3 is 4.74 Å². The van der Waals surface area contributed by atoms with Gasteiger partial charge in [-0.2, -0.15) is 0 Å². The molecule has 1 unspecified atom stereocenters. The van der Waals surface area contributed by atoms with E-state index < -0.39 is 22.0 Å². The van der Waals surface area contributed by atoms with Crippen LogP contribution in [0.4, 0.5) is 4.79 Å². The summed E-state index contributed by atoms with van der Waals surface area (Å²) in [5.41, 5.74) is 0. The first-order chi connectivity index (χ1) is 5.96. The molecule has 7 heteroatoms. The normalized spacial score (nSPS) is 25.5. The molecule has 1 rings (SSSR count). The molecular weight excluding hydrogens is 196 g/mol. The Kier molecular flexibility index (Phi) is 2.77. The quantitative estimate of drug-likeness (QED) is 0.343. The van der Waals surface area contributed by atoms with Crippen molar-refractivity contribution in [1.29, 1.82) is 0 Å². The van der Waals surface area contributed by atoms with Crippen LogP contribution in [-0.2, 0) is 14.6 Å². The highest BCUT2D eigenvalue weighted by atomic mass is 32.2. The predicted octanol–water partition coefficient (Wildman–Crippen LogP) is -0.884. The summed E-state index contributed by atoms with van der Waals surface area (Å²) in [7, 11) is -1.81. The van der Waals surface area contributed by atoms with Crippen molar-refractivity contribution in [3.05, 3.63) is 0 Å². The minimum absolute atomic E-state index is 0.0708. The average molecular weight is 208 g/mol. The third-order valence-corrected chi connectivity index (χ3v) is 3.74. The molecular formula is C6H12N2O4S. The van der Waals surface area contributed by atoms with E-state index in [9.17, 15) is 13.2 Å². The molecule has 13 heavy (non-hydrogen) atoms. The van der Waals surface area contributed by atoms with Gasteiger partial charge in [0.15, 0.2) is 9.84 Å². The molecule has 1 heterocycles. The van der Waals surface area contributed by atoms with Crippen molar-refractivity contribution >= 4 is 15.9 Å². The van der Waals surface area contributed by atoms with Gasteiger partial charge >= 0.3 is 6.09 Å². The standard InChI is InChI=1S/C6H12N2O4S/c1-12-6(9)8(7)5-2-3-13(10,11)4-5/h5H,2-4,7H2,1H3. The van der Waals surface area contributed by atoms with Crippen molar-refractivity contribution in [2.45, 2.75) is 12.5 Å². The number of methoxy groups -OCH3 is 1. The summed E-state index contributed by atoms with van der Waals surface area (Å²) in [6, 6.07) is -0.447. The Morgan fingerprint density at radius 3 is 2.62 bits per heavy atom. The first kappa shape index (κ1) is 10.3. The van der Waals surface area contributed by atoms with Crippen LogP contribution in [0.3, 0.4) is 0 Å². The lowest BCUT2D eigenvalue weighted by atomic mass is 10.3. The molecule has 1 aliphatic rings. The summed E-state index contributed by atoms with van der Waals surface area (Å²) in [6.07, 6.45) is -0.324. The molecule has 0 aromatic carbocycles. The molecule has 0 aromatic rings. The van der Waals surface area contributed by atoms with Gasteiger partial charge in [0.05, 0.1) is 24.7 Å². The van der Waals surface area contributed by atoms with Gasteiger partial charge in [-0.05, 0) is 6.42 Å². The van der Waals surface area contributed by atoms with Gasteiger partial charge in [-0.1, -0.05) is 0 Å². The smallest absolute Gasteiger partial charge is 0.424 e. The van der Waals surface area contributed by atoms with E-state index in [1.807, 2.05) is 0 Å². The molecule has 1 atom stereocenters. The zero-order valence-corrected chi connectivity index (χ0v) is 8.08. The van der Waals surface area contributed by atoms with E-state index in [0.29, 0.717) is 6.42 Å². The first-order valence-corrected chi connectivity index (χ1v) is 5.61. The fourth-order valence-corrected chi connectivity index (χ4v) is 2.96. The number of amides is 1. The summed E-state index contributed by atoms with van der Waals surface area (Å²) >= 11 is 0. The Bertz CT molecular complexity index is 300. The lowest BCUT2D eigenvalue weighted by Gasteiger charge is -2.20. The second kappa shape index (κ2) is 3.51. The number of hydrogen-bond donors (Lipinski definition) is 1. The summed E-state index contributed by atoms with van der Waals surface area (Å²) in [5, 5.41) is 0.838. The number of ether oxygens (including phenoxy) is 1. The third-order valence-electron chi connectivity index (χ3n) is 1.99.